The van der Waals surface area contributed by atoms with Crippen molar-refractivity contribution in [3.8, 4) is 11.5 Å². The van der Waals surface area contributed by atoms with Gasteiger partial charge in [-0.1, -0.05) is 11.6 Å². The third-order valence-electron chi connectivity index (χ3n) is 2.78. The van der Waals surface area contributed by atoms with Gasteiger partial charge in [-0.3, -0.25) is 4.79 Å². The highest BCUT2D eigenvalue weighted by atomic mass is 35.5. The number of hydrogen-bond acceptors (Lipinski definition) is 4. The Morgan fingerprint density at radius 3 is 2.89 bits per heavy atom. The van der Waals surface area contributed by atoms with Gasteiger partial charge in [-0.05, 0) is 24.1 Å². The largest absolute Gasteiger partial charge is 0.486 e. The van der Waals surface area contributed by atoms with Gasteiger partial charge in [-0.25, -0.2) is 0 Å². The number of ether oxygens (including phenoxy) is 2. The summed E-state index contributed by atoms with van der Waals surface area (Å²) < 4.78 is 10.9. The molecule has 1 aromatic rings. The number of carbonyl (C=O) groups is 1. The van der Waals surface area contributed by atoms with Crippen LogP contribution in [-0.4, -0.2) is 24.3 Å². The number of halogens is 1. The molecule has 2 rings (SSSR count). The van der Waals surface area contributed by atoms with Crippen molar-refractivity contribution >= 4 is 17.6 Å². The lowest BCUT2D eigenvalue weighted by molar-refractivity contribution is -0.137. The van der Waals surface area contributed by atoms with Crippen molar-refractivity contribution in [1.29, 1.82) is 0 Å². The molecule has 0 fully saturated rings. The van der Waals surface area contributed by atoms with Crippen LogP contribution in [0.4, 0.5) is 0 Å². The first-order chi connectivity index (χ1) is 8.50. The van der Waals surface area contributed by atoms with E-state index < -0.39 is 12.0 Å². The maximum absolute atomic E-state index is 10.7. The summed E-state index contributed by atoms with van der Waals surface area (Å²) in [6.45, 7) is 2.72. The van der Waals surface area contributed by atoms with E-state index in [9.17, 15) is 4.79 Å². The third-order valence-corrected chi connectivity index (χ3v) is 3.16. The van der Waals surface area contributed by atoms with Crippen molar-refractivity contribution in [3.05, 3.63) is 22.2 Å². The fraction of sp³-hybridized carbons (Fsp3) is 0.417. The maximum atomic E-state index is 10.7. The van der Waals surface area contributed by atoms with Crippen LogP contribution in [0.5, 0.6) is 11.5 Å². The lowest BCUT2D eigenvalue weighted by atomic mass is 9.98. The van der Waals surface area contributed by atoms with Gasteiger partial charge in [0.05, 0.1) is 11.4 Å². The van der Waals surface area contributed by atoms with Crippen LogP contribution in [0, 0.1) is 6.92 Å². The number of benzene rings is 1. The van der Waals surface area contributed by atoms with Crippen molar-refractivity contribution in [2.75, 3.05) is 13.2 Å². The minimum Gasteiger partial charge on any atom is -0.486 e. The predicted octanol–water partition coefficient (Wildman–Crippen LogP) is 1.89. The Kier molecular flexibility index (Phi) is 3.63. The fourth-order valence-corrected chi connectivity index (χ4v) is 2.46. The Balaban J connectivity index is 2.44. The van der Waals surface area contributed by atoms with Crippen LogP contribution in [0.1, 0.15) is 23.6 Å². The van der Waals surface area contributed by atoms with Crippen LogP contribution in [0.25, 0.3) is 0 Å². The number of rotatable bonds is 3. The van der Waals surface area contributed by atoms with E-state index in [0.717, 1.165) is 5.56 Å². The molecule has 0 spiro atoms. The SMILES string of the molecule is Cc1cc2c(c(Cl)c1C(N)CC(=O)O)OCCO2. The molecule has 0 radical (unpaired) electrons. The highest BCUT2D eigenvalue weighted by Gasteiger charge is 2.24. The summed E-state index contributed by atoms with van der Waals surface area (Å²) in [5, 5.41) is 9.13. The molecule has 1 aliphatic rings. The lowest BCUT2D eigenvalue weighted by Gasteiger charge is -2.24. The number of carboxylic acid groups (broad SMARTS) is 1. The van der Waals surface area contributed by atoms with E-state index in [1.165, 1.54) is 0 Å². The first kappa shape index (κ1) is 13.0. The van der Waals surface area contributed by atoms with Crippen molar-refractivity contribution in [2.45, 2.75) is 19.4 Å². The highest BCUT2D eigenvalue weighted by Crippen LogP contribution is 2.43. The second-order valence-electron chi connectivity index (χ2n) is 4.15. The summed E-state index contributed by atoms with van der Waals surface area (Å²) in [5.74, 6) is 0.0623. The van der Waals surface area contributed by atoms with Gasteiger partial charge in [-0.2, -0.15) is 0 Å². The molecular weight excluding hydrogens is 258 g/mol. The summed E-state index contributed by atoms with van der Waals surface area (Å²) >= 11 is 6.23. The standard InChI is InChI=1S/C12H14ClNO4/c1-6-4-8-12(18-3-2-17-8)11(13)10(6)7(14)5-9(15)16/h4,7H,2-3,5,14H2,1H3,(H,15,16). The smallest absolute Gasteiger partial charge is 0.305 e. The summed E-state index contributed by atoms with van der Waals surface area (Å²) in [7, 11) is 0. The minimum atomic E-state index is -0.965. The average Bonchev–Trinajstić information content (AvgIpc) is 2.27. The van der Waals surface area contributed by atoms with E-state index in [1.54, 1.807) is 6.07 Å². The number of fused-ring (bicyclic) bond motifs is 1. The second kappa shape index (κ2) is 5.04. The van der Waals surface area contributed by atoms with Crippen LogP contribution < -0.4 is 15.2 Å². The zero-order valence-electron chi connectivity index (χ0n) is 9.90. The molecule has 98 valence electrons. The molecular formula is C12H14ClNO4. The van der Waals surface area contributed by atoms with Gasteiger partial charge in [0.25, 0.3) is 0 Å². The molecule has 5 nitrogen and oxygen atoms in total. The summed E-state index contributed by atoms with van der Waals surface area (Å²) in [6, 6.07) is 1.11. The Labute approximate surface area is 109 Å². The van der Waals surface area contributed by atoms with Crippen LogP contribution in [-0.2, 0) is 4.79 Å². The quantitative estimate of drug-likeness (QED) is 0.877. The zero-order chi connectivity index (χ0) is 13.3. The number of carboxylic acids is 1. The van der Waals surface area contributed by atoms with Gasteiger partial charge in [0.1, 0.15) is 13.2 Å². The molecule has 6 heteroatoms. The molecule has 3 N–H and O–H groups in total. The van der Waals surface area contributed by atoms with Crippen LogP contribution in [0.2, 0.25) is 5.02 Å². The van der Waals surface area contributed by atoms with Crippen molar-refractivity contribution in [3.63, 3.8) is 0 Å². The fourth-order valence-electron chi connectivity index (χ4n) is 2.03. The van der Waals surface area contributed by atoms with Crippen LogP contribution in [0.3, 0.4) is 0 Å². The molecule has 0 aromatic heterocycles. The Morgan fingerprint density at radius 1 is 1.56 bits per heavy atom. The van der Waals surface area contributed by atoms with Crippen molar-refractivity contribution in [2.24, 2.45) is 5.73 Å². The average molecular weight is 272 g/mol. The molecule has 0 saturated carbocycles. The van der Waals surface area contributed by atoms with Gasteiger partial charge in [0.15, 0.2) is 11.5 Å². The van der Waals surface area contributed by atoms with E-state index in [1.807, 2.05) is 6.92 Å². The van der Waals surface area contributed by atoms with E-state index in [4.69, 9.17) is 31.9 Å². The van der Waals surface area contributed by atoms with E-state index >= 15 is 0 Å². The normalized spacial score (nSPS) is 15.3. The maximum Gasteiger partial charge on any atom is 0.305 e. The highest BCUT2D eigenvalue weighted by molar-refractivity contribution is 6.33. The minimum absolute atomic E-state index is 0.180. The van der Waals surface area contributed by atoms with Gasteiger partial charge >= 0.3 is 5.97 Å². The number of aliphatic carboxylic acids is 1. The van der Waals surface area contributed by atoms with Gasteiger partial charge in [0, 0.05) is 6.04 Å². The second-order valence-corrected chi connectivity index (χ2v) is 4.53. The number of aryl methyl sites for hydroxylation is 1. The van der Waals surface area contributed by atoms with Crippen LogP contribution >= 0.6 is 11.6 Å². The van der Waals surface area contributed by atoms with Gasteiger partial charge in [0.2, 0.25) is 0 Å². The first-order valence-corrected chi connectivity index (χ1v) is 5.94. The predicted molar refractivity (Wildman–Crippen MR) is 66.4 cm³/mol. The van der Waals surface area contributed by atoms with Crippen molar-refractivity contribution < 1.29 is 19.4 Å². The molecule has 0 amide bonds. The van der Waals surface area contributed by atoms with E-state index in [2.05, 4.69) is 0 Å². The van der Waals surface area contributed by atoms with Crippen molar-refractivity contribution in [1.82, 2.24) is 0 Å². The lowest BCUT2D eigenvalue weighted by Crippen LogP contribution is -2.20. The summed E-state index contributed by atoms with van der Waals surface area (Å²) in [4.78, 5) is 10.7. The van der Waals surface area contributed by atoms with E-state index in [0.29, 0.717) is 35.3 Å². The topological polar surface area (TPSA) is 81.8 Å². The molecule has 1 aromatic carbocycles. The molecule has 18 heavy (non-hydrogen) atoms. The number of hydrogen-bond donors (Lipinski definition) is 2. The molecule has 0 bridgehead atoms. The molecule has 1 heterocycles. The van der Waals surface area contributed by atoms with Gasteiger partial charge < -0.3 is 20.3 Å². The Bertz CT molecular complexity index is 489. The monoisotopic (exact) mass is 271 g/mol. The molecule has 1 unspecified atom stereocenters. The third kappa shape index (κ3) is 2.37. The molecule has 0 aliphatic carbocycles. The first-order valence-electron chi connectivity index (χ1n) is 5.56. The molecule has 1 aliphatic heterocycles. The molecule has 1 atom stereocenters. The summed E-state index contributed by atoms with van der Waals surface area (Å²) in [6.07, 6.45) is -0.180. The summed E-state index contributed by atoms with van der Waals surface area (Å²) in [5.41, 5.74) is 7.27. The van der Waals surface area contributed by atoms with E-state index in [-0.39, 0.29) is 6.42 Å². The van der Waals surface area contributed by atoms with Crippen LogP contribution in [0.15, 0.2) is 6.07 Å². The molecule has 0 saturated heterocycles. The number of nitrogens with two attached hydrogens (primary N) is 1. The Morgan fingerprint density at radius 2 is 2.22 bits per heavy atom. The zero-order valence-corrected chi connectivity index (χ0v) is 10.7. The van der Waals surface area contributed by atoms with Gasteiger partial charge in [-0.15, -0.1) is 0 Å². The Hall–Kier alpha value is -1.46.